The van der Waals surface area contributed by atoms with Crippen molar-refractivity contribution in [2.24, 2.45) is 11.8 Å². The molecule has 0 aromatic heterocycles. The van der Waals surface area contributed by atoms with Crippen LogP contribution in [0.1, 0.15) is 203 Å². The van der Waals surface area contributed by atoms with Crippen molar-refractivity contribution in [2.45, 2.75) is 152 Å². The fourth-order valence-electron chi connectivity index (χ4n) is 16.7. The molecule has 14 nitrogen and oxygen atoms in total. The summed E-state index contributed by atoms with van der Waals surface area (Å²) in [5.41, 5.74) is 26.5. The first-order chi connectivity index (χ1) is 68.7. The van der Waals surface area contributed by atoms with Crippen molar-refractivity contribution >= 4 is 104 Å². The summed E-state index contributed by atoms with van der Waals surface area (Å²) in [6.07, 6.45) is 29.1. The first-order valence-corrected chi connectivity index (χ1v) is 53.1. The number of benzene rings is 14. The van der Waals surface area contributed by atoms with Crippen molar-refractivity contribution in [3.8, 4) is 67.5 Å². The number of hydrogen-bond donors (Lipinski definition) is 0. The van der Waals surface area contributed by atoms with Gasteiger partial charge in [0.1, 0.15) is 40.9 Å². The fourth-order valence-corrected chi connectivity index (χ4v) is 20.1. The third-order valence-electron chi connectivity index (χ3n) is 24.5. The predicted octanol–water partition coefficient (Wildman–Crippen LogP) is 34.8. The van der Waals surface area contributed by atoms with Crippen LogP contribution in [-0.4, -0.2) is 66.4 Å². The lowest BCUT2D eigenvalue weighted by molar-refractivity contribution is 0.111. The van der Waals surface area contributed by atoms with Crippen molar-refractivity contribution in [2.75, 3.05) is 63.7 Å². The number of nitrogens with zero attached hydrogens (tertiary/aromatic N) is 2. The largest absolute Gasteiger partial charge is 0.496 e. The van der Waals surface area contributed by atoms with Crippen LogP contribution in [0.25, 0.3) is 81.0 Å². The maximum absolute atomic E-state index is 13.7. The molecule has 0 fully saturated rings. The molecule has 14 aromatic carbocycles. The van der Waals surface area contributed by atoms with Gasteiger partial charge in [0.05, 0.1) is 60.0 Å². The quantitative estimate of drug-likeness (QED) is 0.0154. The second kappa shape index (κ2) is 55.7. The SMILES string of the molecule is CCCCCCCCCCOc1cc(C=Cc2ccc(-c3ccc(N(c4ccc(C)cc4)c4ccc(-c5ccc(C=Cc6ccccc6)cc5)cc4)cc3)cc2)c(OC)cc1C=Cc1ccccc1.CCOP(=O)(Cc1cc(OCCC(C)CCCC(C)C)c(P(=O)(OCC)OCC)cc1OC)OCC.Cc1ccc(N(c2ccc(-c3ccc(C=O)cc3)cc2)c2ccc(-c3ccc(C=O)cc3)cc2)cc1. The van der Waals surface area contributed by atoms with Gasteiger partial charge in [-0.25, -0.2) is 0 Å². The zero-order chi connectivity index (χ0) is 99.6. The van der Waals surface area contributed by atoms with E-state index in [1.165, 1.54) is 98.3 Å². The molecule has 0 bridgehead atoms. The second-order valence-corrected chi connectivity index (χ2v) is 39.7. The number of hydrogen-bond acceptors (Lipinski definition) is 14. The van der Waals surface area contributed by atoms with E-state index >= 15 is 0 Å². The Labute approximate surface area is 838 Å². The Morgan fingerprint density at radius 2 is 0.631 bits per heavy atom. The van der Waals surface area contributed by atoms with E-state index in [1.807, 2.05) is 60.7 Å². The topological polar surface area (TPSA) is 149 Å². The van der Waals surface area contributed by atoms with Gasteiger partial charge in [0.2, 0.25) is 0 Å². The average Bonchev–Trinajstić information content (AvgIpc) is 0.778. The van der Waals surface area contributed by atoms with Gasteiger partial charge in [0.15, 0.2) is 0 Å². The van der Waals surface area contributed by atoms with Gasteiger partial charge in [-0.05, 0) is 230 Å². The monoisotopic (exact) mass is 1920 g/mol. The molecule has 16 heteroatoms. The lowest BCUT2D eigenvalue weighted by Gasteiger charge is -2.26. The number of anilines is 6. The minimum absolute atomic E-state index is 0.00628. The van der Waals surface area contributed by atoms with Gasteiger partial charge >= 0.3 is 15.2 Å². The first-order valence-electron chi connectivity index (χ1n) is 49.8. The number of ether oxygens (including phenoxy) is 4. The van der Waals surface area contributed by atoms with Crippen LogP contribution in [0.5, 0.6) is 23.0 Å². The number of rotatable bonds is 49. The van der Waals surface area contributed by atoms with Crippen molar-refractivity contribution in [1.29, 1.82) is 0 Å². The van der Waals surface area contributed by atoms with Gasteiger partial charge in [-0.15, -0.1) is 0 Å². The van der Waals surface area contributed by atoms with Crippen molar-refractivity contribution in [3.05, 3.63) is 389 Å². The van der Waals surface area contributed by atoms with Crippen LogP contribution in [0, 0.1) is 25.7 Å². The molecular weight excluding hydrogens is 1780 g/mol. The van der Waals surface area contributed by atoms with Gasteiger partial charge in [-0.3, -0.25) is 18.7 Å². The minimum atomic E-state index is -3.67. The van der Waals surface area contributed by atoms with Gasteiger partial charge in [-0.2, -0.15) is 0 Å². The molecule has 0 heterocycles. The summed E-state index contributed by atoms with van der Waals surface area (Å²) in [7, 11) is -3.85. The smallest absolute Gasteiger partial charge is 0.365 e. The molecule has 0 spiro atoms. The second-order valence-electron chi connectivity index (χ2n) is 35.7. The summed E-state index contributed by atoms with van der Waals surface area (Å²) in [4.78, 5) is 26.5. The Morgan fingerprint density at radius 1 is 0.305 bits per heavy atom. The Kier molecular flexibility index (Phi) is 42.1. The zero-order valence-electron chi connectivity index (χ0n) is 84.1. The number of unbranched alkanes of at least 4 members (excludes halogenated alkanes) is 7. The van der Waals surface area contributed by atoms with E-state index in [0.717, 1.165) is 133 Å². The molecular formula is C125H138N2O12P2. The maximum Gasteiger partial charge on any atom is 0.365 e. The van der Waals surface area contributed by atoms with Crippen LogP contribution < -0.4 is 34.1 Å². The minimum Gasteiger partial charge on any atom is -0.496 e. The Bertz CT molecular complexity index is 6240. The molecule has 0 aliphatic carbocycles. The highest BCUT2D eigenvalue weighted by atomic mass is 31.2. The summed E-state index contributed by atoms with van der Waals surface area (Å²) in [5.74, 6) is 3.62. The van der Waals surface area contributed by atoms with E-state index in [0.29, 0.717) is 58.5 Å². The molecule has 141 heavy (non-hydrogen) atoms. The number of aldehydes is 2. The maximum atomic E-state index is 13.7. The van der Waals surface area contributed by atoms with Gasteiger partial charge in [-0.1, -0.05) is 370 Å². The summed E-state index contributed by atoms with van der Waals surface area (Å²) in [5, 5.41) is 0.293. The highest BCUT2D eigenvalue weighted by molar-refractivity contribution is 7.62. The lowest BCUT2D eigenvalue weighted by atomic mass is 9.98. The van der Waals surface area contributed by atoms with Crippen LogP contribution in [0.4, 0.5) is 34.1 Å². The third kappa shape index (κ3) is 32.1. The van der Waals surface area contributed by atoms with Crippen LogP contribution in [-0.2, 0) is 33.4 Å². The standard InChI is InChI=1S/C66H65NO2.C33H25NO2.C26H48O8P2/c1-4-5-6-7-8-9-10-17-48-69-66-50-60(65(68-3)49-61(66)37-30-53-20-15-12-16-21-53)36-31-55-28-34-57(35-29-55)59-40-46-64(47-41-59)67(62-42-22-51(2)23-43-62)63-44-38-58(39-45-63)56-32-26-54(27-33-56)25-24-52-18-13-11-14-19-52;1-24-2-16-31(17-3-24)34(32-18-12-29(13-19-32)27-8-4-25(22-35)5-9-27)33-20-14-30(15-21-33)28-10-6-26(23-36)7-11-28;1-9-31-35(27,32-10-2)20-23-18-25(30-17-16-22(7)15-13-14-21(5)6)26(19-24(23)29-8)36(28,33-11-3)34-12-4/h11-16,18-47,49-50H,4-10,17,48H2,1-3H3;2-23H,1H3;18-19,21-22H,9-17,20H2,1-8H3. The molecule has 0 aliphatic heterocycles. The highest BCUT2D eigenvalue weighted by Gasteiger charge is 2.35. The predicted molar refractivity (Wildman–Crippen MR) is 591 cm³/mol. The molecule has 0 saturated heterocycles. The summed E-state index contributed by atoms with van der Waals surface area (Å²) < 4.78 is 73.4. The molecule has 0 amide bonds. The van der Waals surface area contributed by atoms with Gasteiger partial charge in [0, 0.05) is 61.9 Å². The Morgan fingerprint density at radius 3 is 0.993 bits per heavy atom. The van der Waals surface area contributed by atoms with Gasteiger partial charge in [0.25, 0.3) is 0 Å². The van der Waals surface area contributed by atoms with Crippen LogP contribution in [0.2, 0.25) is 0 Å². The Balaban J connectivity index is 0.000000208. The van der Waals surface area contributed by atoms with E-state index in [2.05, 4.69) is 343 Å². The van der Waals surface area contributed by atoms with Crippen molar-refractivity contribution in [3.63, 3.8) is 0 Å². The Hall–Kier alpha value is -13.3. The molecule has 730 valence electrons. The van der Waals surface area contributed by atoms with Crippen LogP contribution in [0.15, 0.2) is 328 Å². The normalized spacial score (nSPS) is 11.7. The fraction of sp³-hybridized carbons (Fsp3) is 0.264. The molecule has 14 rings (SSSR count). The molecule has 0 saturated carbocycles. The molecule has 1 unspecified atom stereocenters. The van der Waals surface area contributed by atoms with Crippen molar-refractivity contribution < 1.29 is 55.8 Å². The van der Waals surface area contributed by atoms with E-state index in [9.17, 15) is 18.7 Å². The van der Waals surface area contributed by atoms with Gasteiger partial charge < -0.3 is 46.8 Å². The molecule has 14 aromatic rings. The average molecular weight is 1920 g/mol. The molecule has 1 atom stereocenters. The van der Waals surface area contributed by atoms with Crippen molar-refractivity contribution in [1.82, 2.24) is 0 Å². The lowest BCUT2D eigenvalue weighted by Crippen LogP contribution is -2.17. The summed E-state index contributed by atoms with van der Waals surface area (Å²) in [6, 6.07) is 113. The zero-order valence-corrected chi connectivity index (χ0v) is 85.9. The van der Waals surface area contributed by atoms with E-state index in [-0.39, 0.29) is 32.6 Å². The van der Waals surface area contributed by atoms with E-state index in [4.69, 9.17) is 37.0 Å². The molecule has 0 aliphatic rings. The van der Waals surface area contributed by atoms with E-state index < -0.39 is 15.2 Å². The summed E-state index contributed by atoms with van der Waals surface area (Å²) in [6.45, 7) is 22.3. The molecule has 0 radical (unpaired) electrons. The number of methoxy groups -OCH3 is 2. The third-order valence-corrected chi connectivity index (χ3v) is 28.7. The number of carbonyl (C=O) groups excluding carboxylic acids is 2. The van der Waals surface area contributed by atoms with Crippen LogP contribution >= 0.6 is 15.2 Å². The first kappa shape index (κ1) is 107. The van der Waals surface area contributed by atoms with E-state index in [1.54, 1.807) is 46.9 Å². The summed E-state index contributed by atoms with van der Waals surface area (Å²) >= 11 is 0. The van der Waals surface area contributed by atoms with Crippen LogP contribution in [0.3, 0.4) is 0 Å². The molecule has 0 N–H and O–H groups in total. The highest BCUT2D eigenvalue weighted by Crippen LogP contribution is 2.56. The number of carbonyl (C=O) groups is 2. The number of aryl methyl sites for hydroxylation is 2.